The third-order valence-electron chi connectivity index (χ3n) is 2.97. The van der Waals surface area contributed by atoms with Crippen molar-refractivity contribution < 1.29 is 13.7 Å². The number of oxazole rings is 1. The zero-order valence-corrected chi connectivity index (χ0v) is 12.2. The van der Waals surface area contributed by atoms with Gasteiger partial charge in [-0.3, -0.25) is 0 Å². The van der Waals surface area contributed by atoms with Crippen molar-refractivity contribution in [1.82, 2.24) is 10.1 Å². The molecule has 3 aromatic rings. The summed E-state index contributed by atoms with van der Waals surface area (Å²) in [5.41, 5.74) is 3.34. The van der Waals surface area contributed by atoms with E-state index in [9.17, 15) is 0 Å². The monoisotopic (exact) mass is 295 g/mol. The van der Waals surface area contributed by atoms with Crippen molar-refractivity contribution in [2.45, 2.75) is 13.3 Å². The molecule has 0 aliphatic carbocycles. The maximum absolute atomic E-state index is 5.60. The Labute approximate surface area is 127 Å². The van der Waals surface area contributed by atoms with Crippen LogP contribution in [-0.4, -0.2) is 29.6 Å². The fourth-order valence-corrected chi connectivity index (χ4v) is 1.99. The molecule has 110 valence electrons. The quantitative estimate of drug-likeness (QED) is 0.411. The molecule has 2 heterocycles. The molecule has 6 nitrogen and oxygen atoms in total. The normalized spacial score (nSPS) is 11.6. The van der Waals surface area contributed by atoms with Gasteiger partial charge in [0, 0.05) is 0 Å². The summed E-state index contributed by atoms with van der Waals surface area (Å²) < 4.78 is 15.9. The van der Waals surface area contributed by atoms with E-state index < -0.39 is 0 Å². The average Bonchev–Trinajstić information content (AvgIpc) is 3.13. The van der Waals surface area contributed by atoms with Crippen LogP contribution in [0.15, 0.2) is 51.2 Å². The fourth-order valence-electron chi connectivity index (χ4n) is 1.99. The summed E-state index contributed by atoms with van der Waals surface area (Å²) in [6, 6.07) is 5.77. The Morgan fingerprint density at radius 3 is 3.18 bits per heavy atom. The Bertz CT molecular complexity index is 822. The molecule has 0 saturated heterocycles. The number of nitrogens with zero attached hydrogens (tertiary/aromatic N) is 3. The molecular formula is C15H14BN3O3. The average molecular weight is 295 g/mol. The third kappa shape index (κ3) is 3.31. The van der Waals surface area contributed by atoms with Gasteiger partial charge in [-0.25, -0.2) is 0 Å². The van der Waals surface area contributed by atoms with Gasteiger partial charge in [0.15, 0.2) is 0 Å². The molecule has 0 fully saturated rings. The van der Waals surface area contributed by atoms with E-state index in [-0.39, 0.29) is 0 Å². The number of aromatic nitrogens is 2. The number of hydrogen-bond donors (Lipinski definition) is 0. The molecule has 3 rings (SSSR count). The van der Waals surface area contributed by atoms with Gasteiger partial charge in [-0.2, -0.15) is 0 Å². The first kappa shape index (κ1) is 14.3. The van der Waals surface area contributed by atoms with Gasteiger partial charge in [-0.15, -0.1) is 0 Å². The molecule has 0 N–H and O–H groups in total. The Balaban J connectivity index is 1.85. The number of rotatable bonds is 5. The zero-order chi connectivity index (χ0) is 15.4. The Morgan fingerprint density at radius 2 is 2.41 bits per heavy atom. The van der Waals surface area contributed by atoms with Gasteiger partial charge in [-0.1, -0.05) is 0 Å². The summed E-state index contributed by atoms with van der Waals surface area (Å²) in [7, 11) is 0. The molecule has 0 saturated carbocycles. The van der Waals surface area contributed by atoms with E-state index in [0.29, 0.717) is 24.7 Å². The first-order valence-electron chi connectivity index (χ1n) is 6.81. The third-order valence-corrected chi connectivity index (χ3v) is 2.97. The van der Waals surface area contributed by atoms with E-state index in [0.717, 1.165) is 22.3 Å². The second-order valence-corrected chi connectivity index (χ2v) is 4.74. The standard InChI is InChI=1S/C15H14BN3O3/c1-3-6-20-14(18-15-16-10(2)19-22-15)8-11-4-5-13-12(7-11)17-9-21-13/h3-5,7,9H,1,6,8H2,2H3/b18-14-. The van der Waals surface area contributed by atoms with Crippen molar-refractivity contribution >= 4 is 29.7 Å². The Hall–Kier alpha value is -2.70. The zero-order valence-electron chi connectivity index (χ0n) is 12.2. The summed E-state index contributed by atoms with van der Waals surface area (Å²) in [6.07, 6.45) is 3.60. The molecule has 0 unspecified atom stereocenters. The van der Waals surface area contributed by atoms with Crippen LogP contribution in [0, 0.1) is 6.92 Å². The van der Waals surface area contributed by atoms with Gasteiger partial charge in [0.25, 0.3) is 0 Å². The molecular weight excluding hydrogens is 281 g/mol. The molecule has 0 bridgehead atoms. The maximum atomic E-state index is 5.60. The summed E-state index contributed by atoms with van der Waals surface area (Å²) >= 11 is 0. The molecule has 7 heteroatoms. The van der Waals surface area contributed by atoms with Crippen molar-refractivity contribution in [2.24, 2.45) is 4.99 Å². The Kier molecular flexibility index (Phi) is 4.13. The number of fused-ring (bicyclic) bond motifs is 1. The summed E-state index contributed by atoms with van der Waals surface area (Å²) in [5.74, 6) is 0.943. The predicted molar refractivity (Wildman–Crippen MR) is 83.5 cm³/mol. The van der Waals surface area contributed by atoms with Crippen molar-refractivity contribution in [3.05, 3.63) is 48.4 Å². The van der Waals surface area contributed by atoms with E-state index in [1.165, 1.54) is 6.39 Å². The van der Waals surface area contributed by atoms with Crippen LogP contribution in [0.1, 0.15) is 11.2 Å². The van der Waals surface area contributed by atoms with Crippen LogP contribution in [0.2, 0.25) is 0 Å². The van der Waals surface area contributed by atoms with Crippen LogP contribution in [-0.2, 0) is 11.2 Å². The SMILES string of the molecule is C=CCO/C(Cc1ccc2ocnc2c1)=N\c1bc(C)no1. The minimum absolute atomic E-state index is 0.373. The second-order valence-electron chi connectivity index (χ2n) is 4.74. The molecule has 1 aromatic carbocycles. The molecule has 0 atom stereocenters. The van der Waals surface area contributed by atoms with E-state index in [4.69, 9.17) is 13.7 Å². The van der Waals surface area contributed by atoms with Crippen LogP contribution in [0.3, 0.4) is 0 Å². The molecule has 0 spiro atoms. The van der Waals surface area contributed by atoms with Crippen molar-refractivity contribution in [3.8, 4) is 0 Å². The molecule has 22 heavy (non-hydrogen) atoms. The number of aryl methyl sites for hydroxylation is 1. The van der Waals surface area contributed by atoms with E-state index in [1.807, 2.05) is 25.1 Å². The van der Waals surface area contributed by atoms with Gasteiger partial charge in [-0.05, 0) is 0 Å². The van der Waals surface area contributed by atoms with Crippen molar-refractivity contribution in [3.63, 3.8) is 0 Å². The predicted octanol–water partition coefficient (Wildman–Crippen LogP) is 2.94. The first-order valence-corrected chi connectivity index (χ1v) is 6.81. The number of aliphatic imine (C=N–C) groups is 1. The topological polar surface area (TPSA) is 73.7 Å². The molecule has 0 radical (unpaired) electrons. The van der Waals surface area contributed by atoms with E-state index in [2.05, 4.69) is 21.7 Å². The summed E-state index contributed by atoms with van der Waals surface area (Å²) in [5, 5.41) is 3.81. The number of benzene rings is 1. The fraction of sp³-hybridized carbons (Fsp3) is 0.200. The van der Waals surface area contributed by atoms with Crippen LogP contribution < -0.4 is 0 Å². The Morgan fingerprint density at radius 1 is 1.50 bits per heavy atom. The number of hydrogen-bond acceptors (Lipinski definition) is 6. The van der Waals surface area contributed by atoms with E-state index >= 15 is 0 Å². The van der Waals surface area contributed by atoms with Gasteiger partial charge in [0.1, 0.15) is 0 Å². The summed E-state index contributed by atoms with van der Waals surface area (Å²) in [4.78, 5) is 8.50. The van der Waals surface area contributed by atoms with Gasteiger partial charge >= 0.3 is 127 Å². The van der Waals surface area contributed by atoms with E-state index in [1.54, 1.807) is 13.0 Å². The van der Waals surface area contributed by atoms with Gasteiger partial charge < -0.3 is 0 Å². The summed E-state index contributed by atoms with van der Waals surface area (Å²) in [6.45, 7) is 7.61. The molecule has 0 amide bonds. The number of ether oxygens (including phenoxy) is 1. The minimum atomic E-state index is 0.373. The van der Waals surface area contributed by atoms with Crippen LogP contribution >= 0.6 is 0 Å². The molecule has 0 aliphatic rings. The molecule has 0 aliphatic heterocycles. The van der Waals surface area contributed by atoms with Crippen molar-refractivity contribution in [1.29, 1.82) is 0 Å². The second kappa shape index (κ2) is 6.38. The van der Waals surface area contributed by atoms with Crippen LogP contribution in [0.4, 0.5) is 5.78 Å². The first-order chi connectivity index (χ1) is 10.7. The van der Waals surface area contributed by atoms with Crippen LogP contribution in [0.5, 0.6) is 0 Å². The van der Waals surface area contributed by atoms with Gasteiger partial charge in [0.05, 0.1) is 0 Å². The van der Waals surface area contributed by atoms with Gasteiger partial charge in [0.2, 0.25) is 0 Å². The molecule has 2 aromatic heterocycles. The van der Waals surface area contributed by atoms with Crippen LogP contribution in [0.25, 0.3) is 11.1 Å². The van der Waals surface area contributed by atoms with Crippen molar-refractivity contribution in [2.75, 3.05) is 6.61 Å².